The van der Waals surface area contributed by atoms with E-state index in [-0.39, 0.29) is 0 Å². The van der Waals surface area contributed by atoms with Gasteiger partial charge in [0.1, 0.15) is 0 Å². The van der Waals surface area contributed by atoms with Crippen LogP contribution in [-0.2, 0) is 13.1 Å². The van der Waals surface area contributed by atoms with Crippen LogP contribution in [0.1, 0.15) is 5.69 Å². The van der Waals surface area contributed by atoms with Gasteiger partial charge in [0.25, 0.3) is 0 Å². The van der Waals surface area contributed by atoms with E-state index in [4.69, 9.17) is 0 Å². The van der Waals surface area contributed by atoms with Gasteiger partial charge in [-0.1, -0.05) is 23.4 Å². The molecule has 90 valence electrons. The fourth-order valence-corrected chi connectivity index (χ4v) is 2.35. The maximum absolute atomic E-state index is 4.08. The number of aromatic nitrogens is 3. The Hall–Kier alpha value is -1.33. The van der Waals surface area contributed by atoms with Crippen LogP contribution in [0.15, 0.2) is 41.4 Å². The first-order chi connectivity index (χ1) is 8.38. The lowest BCUT2D eigenvalue weighted by molar-refractivity contribution is 0.631. The molecule has 2 aromatic rings. The molecule has 1 aromatic carbocycles. The fourth-order valence-electron chi connectivity index (χ4n) is 1.48. The summed E-state index contributed by atoms with van der Waals surface area (Å²) in [7, 11) is 1.91. The van der Waals surface area contributed by atoms with Crippen LogP contribution in [0.4, 0.5) is 0 Å². The van der Waals surface area contributed by atoms with Crippen molar-refractivity contribution in [1.29, 1.82) is 0 Å². The smallest absolute Gasteiger partial charge is 0.0964 e. The zero-order chi connectivity index (χ0) is 11.9. The molecule has 0 amide bonds. The summed E-state index contributed by atoms with van der Waals surface area (Å²) in [6, 6.07) is 10.4. The molecule has 0 aliphatic rings. The van der Waals surface area contributed by atoms with E-state index in [1.807, 2.05) is 35.8 Å². The second-order valence-corrected chi connectivity index (χ2v) is 4.83. The molecule has 0 radical (unpaired) electrons. The highest BCUT2D eigenvalue weighted by atomic mass is 32.2. The van der Waals surface area contributed by atoms with Gasteiger partial charge in [0, 0.05) is 23.4 Å². The molecule has 0 aliphatic carbocycles. The van der Waals surface area contributed by atoms with Crippen LogP contribution in [-0.4, -0.2) is 27.8 Å². The molecule has 0 saturated heterocycles. The van der Waals surface area contributed by atoms with E-state index in [1.54, 1.807) is 0 Å². The van der Waals surface area contributed by atoms with E-state index in [0.717, 1.165) is 24.5 Å². The van der Waals surface area contributed by atoms with Crippen molar-refractivity contribution < 1.29 is 0 Å². The van der Waals surface area contributed by atoms with Crippen molar-refractivity contribution in [2.24, 2.45) is 0 Å². The minimum atomic E-state index is 0.770. The number of thioether (sulfide) groups is 1. The number of rotatable bonds is 6. The Labute approximate surface area is 105 Å². The van der Waals surface area contributed by atoms with E-state index in [1.165, 1.54) is 4.90 Å². The van der Waals surface area contributed by atoms with Crippen LogP contribution in [0.25, 0.3) is 0 Å². The van der Waals surface area contributed by atoms with Gasteiger partial charge in [-0.05, 0) is 19.2 Å². The lowest BCUT2D eigenvalue weighted by Gasteiger charge is -2.00. The van der Waals surface area contributed by atoms with Gasteiger partial charge in [-0.3, -0.25) is 4.68 Å². The topological polar surface area (TPSA) is 42.7 Å². The number of nitrogens with one attached hydrogen (secondary N) is 1. The number of nitrogens with zero attached hydrogens (tertiary/aromatic N) is 3. The second kappa shape index (κ2) is 6.42. The Morgan fingerprint density at radius 3 is 2.88 bits per heavy atom. The third kappa shape index (κ3) is 3.87. The minimum Gasteiger partial charge on any atom is -0.314 e. The number of hydrogen-bond acceptors (Lipinski definition) is 4. The molecule has 1 aromatic heterocycles. The standard InChI is InChI=1S/C12H16N4S/c1-13-9-11-10-16(15-14-11)7-8-17-12-5-3-2-4-6-12/h2-6,10,13H,7-9H2,1H3. The van der Waals surface area contributed by atoms with Crippen LogP contribution in [0, 0.1) is 0 Å². The first-order valence-electron chi connectivity index (χ1n) is 5.60. The summed E-state index contributed by atoms with van der Waals surface area (Å²) in [5, 5.41) is 11.2. The van der Waals surface area contributed by atoms with Gasteiger partial charge in [0.2, 0.25) is 0 Å². The third-order valence-electron chi connectivity index (χ3n) is 2.28. The second-order valence-electron chi connectivity index (χ2n) is 3.66. The van der Waals surface area contributed by atoms with Crippen molar-refractivity contribution in [2.45, 2.75) is 18.0 Å². The molecule has 5 heteroatoms. The quantitative estimate of drug-likeness (QED) is 0.791. The highest BCUT2D eigenvalue weighted by Gasteiger charge is 1.99. The van der Waals surface area contributed by atoms with Crippen molar-refractivity contribution in [3.63, 3.8) is 0 Å². The first kappa shape index (κ1) is 12.1. The molecule has 0 aliphatic heterocycles. The average molecular weight is 248 g/mol. The molecule has 1 N–H and O–H groups in total. The summed E-state index contributed by atoms with van der Waals surface area (Å²) in [6.07, 6.45) is 1.99. The predicted molar refractivity (Wildman–Crippen MR) is 70.0 cm³/mol. The van der Waals surface area contributed by atoms with Crippen LogP contribution >= 0.6 is 11.8 Å². The monoisotopic (exact) mass is 248 g/mol. The van der Waals surface area contributed by atoms with Gasteiger partial charge in [-0.25, -0.2) is 0 Å². The average Bonchev–Trinajstić information content (AvgIpc) is 2.79. The molecule has 0 spiro atoms. The van der Waals surface area contributed by atoms with Crippen molar-refractivity contribution in [3.05, 3.63) is 42.2 Å². The molecule has 0 fully saturated rings. The van der Waals surface area contributed by atoms with Crippen molar-refractivity contribution in [3.8, 4) is 0 Å². The van der Waals surface area contributed by atoms with Gasteiger partial charge in [0.15, 0.2) is 0 Å². The molecule has 0 saturated carbocycles. The molecule has 1 heterocycles. The Balaban J connectivity index is 1.78. The Morgan fingerprint density at radius 2 is 2.12 bits per heavy atom. The zero-order valence-electron chi connectivity index (χ0n) is 9.84. The van der Waals surface area contributed by atoms with Gasteiger partial charge in [-0.15, -0.1) is 16.9 Å². The largest absolute Gasteiger partial charge is 0.314 e. The molecule has 0 atom stereocenters. The lowest BCUT2D eigenvalue weighted by Crippen LogP contribution is -2.05. The van der Waals surface area contributed by atoms with Gasteiger partial charge >= 0.3 is 0 Å². The van der Waals surface area contributed by atoms with Crippen molar-refractivity contribution >= 4 is 11.8 Å². The lowest BCUT2D eigenvalue weighted by atomic mass is 10.4. The normalized spacial score (nSPS) is 10.6. The summed E-state index contributed by atoms with van der Waals surface area (Å²) >= 11 is 1.83. The molecular weight excluding hydrogens is 232 g/mol. The molecule has 17 heavy (non-hydrogen) atoms. The van der Waals surface area contributed by atoms with Crippen molar-refractivity contribution in [1.82, 2.24) is 20.3 Å². The van der Waals surface area contributed by atoms with E-state index >= 15 is 0 Å². The van der Waals surface area contributed by atoms with Gasteiger partial charge in [-0.2, -0.15) is 0 Å². The van der Waals surface area contributed by atoms with E-state index in [2.05, 4.69) is 39.9 Å². The highest BCUT2D eigenvalue weighted by Crippen LogP contribution is 2.16. The van der Waals surface area contributed by atoms with Crippen LogP contribution in [0.5, 0.6) is 0 Å². The Bertz CT molecular complexity index is 441. The van der Waals surface area contributed by atoms with Crippen LogP contribution < -0.4 is 5.32 Å². The maximum Gasteiger partial charge on any atom is 0.0964 e. The van der Waals surface area contributed by atoms with E-state index in [9.17, 15) is 0 Å². The van der Waals surface area contributed by atoms with Crippen LogP contribution in [0.3, 0.4) is 0 Å². The number of hydrogen-bond donors (Lipinski definition) is 1. The molecule has 4 nitrogen and oxygen atoms in total. The number of benzene rings is 1. The molecule has 0 bridgehead atoms. The predicted octanol–water partition coefficient (Wildman–Crippen LogP) is 1.79. The zero-order valence-corrected chi connectivity index (χ0v) is 10.7. The first-order valence-corrected chi connectivity index (χ1v) is 6.58. The maximum atomic E-state index is 4.08. The molecule has 0 unspecified atom stereocenters. The van der Waals surface area contributed by atoms with E-state index in [0.29, 0.717) is 0 Å². The van der Waals surface area contributed by atoms with Gasteiger partial charge < -0.3 is 5.32 Å². The van der Waals surface area contributed by atoms with E-state index < -0.39 is 0 Å². The Morgan fingerprint density at radius 1 is 1.29 bits per heavy atom. The fraction of sp³-hybridized carbons (Fsp3) is 0.333. The summed E-state index contributed by atoms with van der Waals surface area (Å²) < 4.78 is 1.89. The SMILES string of the molecule is CNCc1cn(CCSc2ccccc2)nn1. The molecule has 2 rings (SSSR count). The molecular formula is C12H16N4S. The third-order valence-corrected chi connectivity index (χ3v) is 3.27. The van der Waals surface area contributed by atoms with Crippen LogP contribution in [0.2, 0.25) is 0 Å². The minimum absolute atomic E-state index is 0.770. The van der Waals surface area contributed by atoms with Gasteiger partial charge in [0.05, 0.1) is 12.2 Å². The Kier molecular flexibility index (Phi) is 4.58. The summed E-state index contributed by atoms with van der Waals surface area (Å²) in [5.74, 6) is 1.01. The summed E-state index contributed by atoms with van der Waals surface area (Å²) in [4.78, 5) is 1.29. The summed E-state index contributed by atoms with van der Waals surface area (Å²) in [5.41, 5.74) is 0.984. The number of aryl methyl sites for hydroxylation is 1. The highest BCUT2D eigenvalue weighted by molar-refractivity contribution is 7.99. The summed E-state index contributed by atoms with van der Waals surface area (Å²) in [6.45, 7) is 1.65. The van der Waals surface area contributed by atoms with Crippen molar-refractivity contribution in [2.75, 3.05) is 12.8 Å².